The number of aromatic amines is 2. The molecular formula is C11H12N4O. The normalized spacial score (nSPS) is 10.8. The van der Waals surface area contributed by atoms with Crippen molar-refractivity contribution in [3.63, 3.8) is 0 Å². The number of hydrogen-bond donors (Lipinski definition) is 2. The van der Waals surface area contributed by atoms with Gasteiger partial charge in [0.25, 0.3) is 0 Å². The average Bonchev–Trinajstić information content (AvgIpc) is 2.57. The first-order valence-corrected chi connectivity index (χ1v) is 4.95. The van der Waals surface area contributed by atoms with Crippen LogP contribution in [0.15, 0.2) is 23.0 Å². The van der Waals surface area contributed by atoms with Crippen LogP contribution in [0.3, 0.4) is 0 Å². The van der Waals surface area contributed by atoms with Crippen LogP contribution in [-0.4, -0.2) is 28.5 Å². The Balaban J connectivity index is 2.26. The topological polar surface area (TPSA) is 75.7 Å². The highest BCUT2D eigenvalue weighted by Gasteiger charge is 2.02. The number of nitrogens with one attached hydrogen (secondary N) is 2. The van der Waals surface area contributed by atoms with Gasteiger partial charge in [0.15, 0.2) is 0 Å². The lowest BCUT2D eigenvalue weighted by atomic mass is 10.2. The molecule has 1 heterocycles. The van der Waals surface area contributed by atoms with Gasteiger partial charge in [-0.2, -0.15) is 5.26 Å². The molecule has 0 aliphatic rings. The Morgan fingerprint density at radius 2 is 2.12 bits per heavy atom. The minimum absolute atomic E-state index is 0.197. The van der Waals surface area contributed by atoms with E-state index in [1.54, 1.807) is 0 Å². The molecule has 2 N–H and O–H groups in total. The smallest absolute Gasteiger partial charge is 0.306 e. The standard InChI is InChI=1S/C11H12N4O/c1-15(5-4-12)7-8-2-3-9-10(6-8)14-11(16)13-9/h2-3,6H,5,7H2,1H3,(H2,13,14,16). The maximum atomic E-state index is 11.1. The van der Waals surface area contributed by atoms with Crippen molar-refractivity contribution in [2.45, 2.75) is 6.54 Å². The van der Waals surface area contributed by atoms with Crippen molar-refractivity contribution in [1.82, 2.24) is 14.9 Å². The number of aromatic nitrogens is 2. The van der Waals surface area contributed by atoms with E-state index in [1.807, 2.05) is 30.1 Å². The van der Waals surface area contributed by atoms with Crippen molar-refractivity contribution in [3.8, 4) is 6.07 Å². The molecule has 0 saturated carbocycles. The molecule has 0 fully saturated rings. The molecule has 1 aromatic heterocycles. The van der Waals surface area contributed by atoms with E-state index in [1.165, 1.54) is 0 Å². The van der Waals surface area contributed by atoms with Crippen molar-refractivity contribution in [2.24, 2.45) is 0 Å². The number of rotatable bonds is 3. The van der Waals surface area contributed by atoms with Crippen LogP contribution in [0.5, 0.6) is 0 Å². The van der Waals surface area contributed by atoms with Gasteiger partial charge < -0.3 is 9.97 Å². The molecule has 0 atom stereocenters. The van der Waals surface area contributed by atoms with E-state index in [9.17, 15) is 4.79 Å². The molecule has 0 spiro atoms. The first-order chi connectivity index (χ1) is 7.69. The lowest BCUT2D eigenvalue weighted by Gasteiger charge is -2.11. The predicted octanol–water partition coefficient (Wildman–Crippen LogP) is 0.812. The second kappa shape index (κ2) is 4.21. The maximum absolute atomic E-state index is 11.1. The Bertz CT molecular complexity index is 590. The van der Waals surface area contributed by atoms with Gasteiger partial charge in [-0.05, 0) is 24.7 Å². The minimum atomic E-state index is -0.197. The van der Waals surface area contributed by atoms with Gasteiger partial charge in [-0.3, -0.25) is 4.90 Å². The van der Waals surface area contributed by atoms with Crippen LogP contribution in [0.25, 0.3) is 11.0 Å². The van der Waals surface area contributed by atoms with Gasteiger partial charge in [0, 0.05) is 6.54 Å². The molecule has 82 valence electrons. The van der Waals surface area contributed by atoms with Crippen LogP contribution in [0.1, 0.15) is 5.56 Å². The quantitative estimate of drug-likeness (QED) is 0.745. The SMILES string of the molecule is CN(CC#N)Cc1ccc2[nH]c(=O)[nH]c2c1. The van der Waals surface area contributed by atoms with E-state index in [0.29, 0.717) is 13.1 Å². The maximum Gasteiger partial charge on any atom is 0.323 e. The molecule has 0 radical (unpaired) electrons. The molecule has 2 aromatic rings. The summed E-state index contributed by atoms with van der Waals surface area (Å²) in [6.07, 6.45) is 0. The fourth-order valence-corrected chi connectivity index (χ4v) is 1.67. The second-order valence-corrected chi connectivity index (χ2v) is 3.79. The average molecular weight is 216 g/mol. The van der Waals surface area contributed by atoms with Crippen molar-refractivity contribution >= 4 is 11.0 Å². The first kappa shape index (κ1) is 10.5. The minimum Gasteiger partial charge on any atom is -0.306 e. The summed E-state index contributed by atoms with van der Waals surface area (Å²) in [7, 11) is 1.88. The molecule has 0 unspecified atom stereocenters. The zero-order valence-electron chi connectivity index (χ0n) is 8.95. The lowest BCUT2D eigenvalue weighted by molar-refractivity contribution is 0.367. The summed E-state index contributed by atoms with van der Waals surface area (Å²) < 4.78 is 0. The summed E-state index contributed by atoms with van der Waals surface area (Å²) in [5.41, 5.74) is 2.47. The molecule has 0 aliphatic carbocycles. The van der Waals surface area contributed by atoms with Gasteiger partial charge in [0.2, 0.25) is 0 Å². The summed E-state index contributed by atoms with van der Waals surface area (Å²) in [6.45, 7) is 1.08. The molecule has 0 bridgehead atoms. The molecule has 0 amide bonds. The largest absolute Gasteiger partial charge is 0.323 e. The number of imidazole rings is 1. The Labute approximate surface area is 92.3 Å². The highest BCUT2D eigenvalue weighted by atomic mass is 16.1. The molecular weight excluding hydrogens is 204 g/mol. The molecule has 1 aromatic carbocycles. The van der Waals surface area contributed by atoms with Gasteiger partial charge >= 0.3 is 5.69 Å². The van der Waals surface area contributed by atoms with Crippen LogP contribution < -0.4 is 5.69 Å². The van der Waals surface area contributed by atoms with Crippen molar-refractivity contribution < 1.29 is 0 Å². The second-order valence-electron chi connectivity index (χ2n) is 3.79. The molecule has 5 nitrogen and oxygen atoms in total. The first-order valence-electron chi connectivity index (χ1n) is 4.95. The van der Waals surface area contributed by atoms with E-state index in [2.05, 4.69) is 16.0 Å². The van der Waals surface area contributed by atoms with E-state index in [-0.39, 0.29) is 5.69 Å². The number of benzene rings is 1. The highest BCUT2D eigenvalue weighted by Crippen LogP contribution is 2.11. The fourth-order valence-electron chi connectivity index (χ4n) is 1.67. The Hall–Kier alpha value is -2.06. The summed E-state index contributed by atoms with van der Waals surface area (Å²) in [5.74, 6) is 0. The van der Waals surface area contributed by atoms with Gasteiger partial charge in [-0.15, -0.1) is 0 Å². The number of H-pyrrole nitrogens is 2. The van der Waals surface area contributed by atoms with E-state index >= 15 is 0 Å². The Morgan fingerprint density at radius 1 is 1.38 bits per heavy atom. The highest BCUT2D eigenvalue weighted by molar-refractivity contribution is 5.74. The molecule has 0 aliphatic heterocycles. The summed E-state index contributed by atoms with van der Waals surface area (Å²) in [4.78, 5) is 18.4. The molecule has 0 saturated heterocycles. The van der Waals surface area contributed by atoms with Gasteiger partial charge in [-0.1, -0.05) is 6.07 Å². The zero-order chi connectivity index (χ0) is 11.5. The monoisotopic (exact) mass is 216 g/mol. The summed E-state index contributed by atoms with van der Waals surface area (Å²) >= 11 is 0. The van der Waals surface area contributed by atoms with Crippen LogP contribution in [0, 0.1) is 11.3 Å². The third-order valence-electron chi connectivity index (χ3n) is 2.37. The van der Waals surface area contributed by atoms with Crippen molar-refractivity contribution in [2.75, 3.05) is 13.6 Å². The van der Waals surface area contributed by atoms with Crippen LogP contribution in [-0.2, 0) is 6.54 Å². The van der Waals surface area contributed by atoms with E-state index < -0.39 is 0 Å². The summed E-state index contributed by atoms with van der Waals surface area (Å²) in [6, 6.07) is 7.82. The van der Waals surface area contributed by atoms with Gasteiger partial charge in [-0.25, -0.2) is 4.79 Å². The van der Waals surface area contributed by atoms with Crippen LogP contribution in [0.2, 0.25) is 0 Å². The molecule has 5 heteroatoms. The Kier molecular flexibility index (Phi) is 2.75. The number of hydrogen-bond acceptors (Lipinski definition) is 3. The Morgan fingerprint density at radius 3 is 2.88 bits per heavy atom. The predicted molar refractivity (Wildman–Crippen MR) is 60.9 cm³/mol. The number of nitriles is 1. The van der Waals surface area contributed by atoms with Gasteiger partial charge in [0.1, 0.15) is 0 Å². The van der Waals surface area contributed by atoms with Crippen LogP contribution >= 0.6 is 0 Å². The zero-order valence-corrected chi connectivity index (χ0v) is 8.95. The molecule has 2 rings (SSSR count). The molecule has 16 heavy (non-hydrogen) atoms. The van der Waals surface area contributed by atoms with Crippen molar-refractivity contribution in [1.29, 1.82) is 5.26 Å². The third kappa shape index (κ3) is 2.12. The van der Waals surface area contributed by atoms with Gasteiger partial charge in [0.05, 0.1) is 23.6 Å². The fraction of sp³-hybridized carbons (Fsp3) is 0.273. The number of fused-ring (bicyclic) bond motifs is 1. The summed E-state index contributed by atoms with van der Waals surface area (Å²) in [5, 5.41) is 8.55. The van der Waals surface area contributed by atoms with Crippen molar-refractivity contribution in [3.05, 3.63) is 34.2 Å². The van der Waals surface area contributed by atoms with E-state index in [4.69, 9.17) is 5.26 Å². The number of nitrogens with zero attached hydrogens (tertiary/aromatic N) is 2. The van der Waals surface area contributed by atoms with Crippen LogP contribution in [0.4, 0.5) is 0 Å². The lowest BCUT2D eigenvalue weighted by Crippen LogP contribution is -2.17. The van der Waals surface area contributed by atoms with E-state index in [0.717, 1.165) is 16.6 Å². The third-order valence-corrected chi connectivity index (χ3v) is 2.37.